The van der Waals surface area contributed by atoms with Crippen LogP contribution in [0.5, 0.6) is 0 Å². The topological polar surface area (TPSA) is 158 Å². The first-order chi connectivity index (χ1) is 22.2. The molecule has 0 spiro atoms. The molecule has 5 rings (SSSR count). The highest BCUT2D eigenvalue weighted by Crippen LogP contribution is 2.25. The number of benzene rings is 4. The van der Waals surface area contributed by atoms with E-state index in [1.807, 2.05) is 6.07 Å². The van der Waals surface area contributed by atoms with E-state index in [4.69, 9.17) is 11.6 Å². The van der Waals surface area contributed by atoms with Crippen molar-refractivity contribution in [2.45, 2.75) is 12.5 Å². The van der Waals surface area contributed by atoms with Gasteiger partial charge in [-0.25, -0.2) is 4.90 Å². The summed E-state index contributed by atoms with van der Waals surface area (Å²) in [7, 11) is 0. The Hall–Kier alpha value is -5.82. The molecule has 4 amide bonds. The normalized spacial score (nSPS) is 14.5. The molecule has 0 saturated carbocycles. The van der Waals surface area contributed by atoms with Crippen LogP contribution in [0.1, 0.15) is 17.5 Å². The van der Waals surface area contributed by atoms with Gasteiger partial charge in [0.1, 0.15) is 12.1 Å². The SMILES string of the molecule is O=C(CC(=O)N(C(=O)/C=C/c1ccccc1)c1ccc(Cl)cc1)N1N=C(c2ccccc2)C(N=Nc2cccc(N([O-])O)c2)C1=O. The van der Waals surface area contributed by atoms with Gasteiger partial charge in [-0.1, -0.05) is 78.3 Å². The molecule has 0 bridgehead atoms. The summed E-state index contributed by atoms with van der Waals surface area (Å²) in [5.41, 5.74) is 1.48. The second-order valence-corrected chi connectivity index (χ2v) is 10.2. The van der Waals surface area contributed by atoms with Crippen LogP contribution in [0.4, 0.5) is 17.1 Å². The number of imide groups is 2. The van der Waals surface area contributed by atoms with E-state index in [1.54, 1.807) is 54.6 Å². The number of rotatable bonds is 9. The fourth-order valence-electron chi connectivity index (χ4n) is 4.42. The van der Waals surface area contributed by atoms with Crippen molar-refractivity contribution in [3.05, 3.63) is 137 Å². The first-order valence-electron chi connectivity index (χ1n) is 13.7. The Morgan fingerprint density at radius 1 is 0.913 bits per heavy atom. The molecule has 4 aromatic carbocycles. The van der Waals surface area contributed by atoms with Gasteiger partial charge < -0.3 is 10.4 Å². The molecular weight excluding hydrogens is 612 g/mol. The lowest BCUT2D eigenvalue weighted by Crippen LogP contribution is -2.41. The number of nitrogens with zero attached hydrogens (tertiary/aromatic N) is 6. The summed E-state index contributed by atoms with van der Waals surface area (Å²) in [6.07, 6.45) is 1.85. The molecule has 0 radical (unpaired) electrons. The van der Waals surface area contributed by atoms with Gasteiger partial charge in [-0.15, -0.1) is 0 Å². The fourth-order valence-corrected chi connectivity index (χ4v) is 4.55. The monoisotopic (exact) mass is 635 g/mol. The van der Waals surface area contributed by atoms with Crippen molar-refractivity contribution in [1.82, 2.24) is 5.01 Å². The standard InChI is InChI=1S/C33H24ClN6O6/c34-24-15-17-26(18-16-24)38(28(41)19-14-22-8-3-1-4-9-22)29(42)21-30(43)39-33(44)32(31(37-39)23-10-5-2-6-11-23)36-35-25-12-7-13-27(20-25)40(45)46/h1-20,32,45H,21H2/q-1/b19-14+,36-35?. The van der Waals surface area contributed by atoms with Gasteiger partial charge in [0.15, 0.2) is 6.04 Å². The third kappa shape index (κ3) is 7.45. The summed E-state index contributed by atoms with van der Waals surface area (Å²) >= 11 is 6.01. The second kappa shape index (κ2) is 14.3. The Labute approximate surface area is 267 Å². The van der Waals surface area contributed by atoms with Gasteiger partial charge in [0.2, 0.25) is 5.91 Å². The van der Waals surface area contributed by atoms with E-state index in [1.165, 1.54) is 60.7 Å². The Morgan fingerprint density at radius 3 is 2.26 bits per heavy atom. The van der Waals surface area contributed by atoms with E-state index in [-0.39, 0.29) is 28.0 Å². The van der Waals surface area contributed by atoms with Gasteiger partial charge in [-0.2, -0.15) is 20.3 Å². The van der Waals surface area contributed by atoms with E-state index in [0.29, 0.717) is 15.6 Å². The summed E-state index contributed by atoms with van der Waals surface area (Å²) in [6, 6.07) is 27.5. The summed E-state index contributed by atoms with van der Waals surface area (Å²) in [5.74, 6) is -3.51. The van der Waals surface area contributed by atoms with Crippen LogP contribution in [0.3, 0.4) is 0 Å². The quantitative estimate of drug-likeness (QED) is 0.103. The lowest BCUT2D eigenvalue weighted by Gasteiger charge is -2.21. The van der Waals surface area contributed by atoms with E-state index in [0.717, 1.165) is 10.5 Å². The minimum Gasteiger partial charge on any atom is -0.733 e. The first-order valence-corrected chi connectivity index (χ1v) is 14.1. The average molecular weight is 636 g/mol. The number of hydrazone groups is 1. The third-order valence-corrected chi connectivity index (χ3v) is 6.88. The molecule has 0 saturated heterocycles. The second-order valence-electron chi connectivity index (χ2n) is 9.77. The Bertz CT molecular complexity index is 1850. The number of carbonyl (C=O) groups excluding carboxylic acids is 4. The van der Waals surface area contributed by atoms with Crippen LogP contribution < -0.4 is 10.1 Å². The van der Waals surface area contributed by atoms with Crippen LogP contribution in [-0.2, 0) is 19.2 Å². The largest absolute Gasteiger partial charge is 0.733 e. The lowest BCUT2D eigenvalue weighted by molar-refractivity contribution is -0.144. The van der Waals surface area contributed by atoms with Gasteiger partial charge in [0.25, 0.3) is 17.7 Å². The molecule has 1 N–H and O–H groups in total. The van der Waals surface area contributed by atoms with E-state index in [9.17, 15) is 29.6 Å². The van der Waals surface area contributed by atoms with Crippen molar-refractivity contribution in [3.63, 3.8) is 0 Å². The van der Waals surface area contributed by atoms with Gasteiger partial charge in [-0.3, -0.25) is 24.4 Å². The molecule has 1 aliphatic rings. The minimum absolute atomic E-state index is 0.0929. The third-order valence-electron chi connectivity index (χ3n) is 6.63. The maximum absolute atomic E-state index is 13.5. The molecule has 13 heteroatoms. The van der Waals surface area contributed by atoms with Crippen molar-refractivity contribution < 1.29 is 24.4 Å². The number of amides is 4. The van der Waals surface area contributed by atoms with E-state index >= 15 is 0 Å². The van der Waals surface area contributed by atoms with E-state index in [2.05, 4.69) is 15.3 Å². The van der Waals surface area contributed by atoms with Crippen molar-refractivity contribution in [2.24, 2.45) is 15.3 Å². The zero-order chi connectivity index (χ0) is 32.6. The molecule has 230 valence electrons. The van der Waals surface area contributed by atoms with Crippen LogP contribution >= 0.6 is 11.6 Å². The van der Waals surface area contributed by atoms with Crippen LogP contribution in [0.15, 0.2) is 131 Å². The van der Waals surface area contributed by atoms with Crippen molar-refractivity contribution >= 4 is 64.1 Å². The molecular formula is C33H24ClN6O6-. The Morgan fingerprint density at radius 2 is 1.59 bits per heavy atom. The number of hydrogen-bond acceptors (Lipinski definition) is 10. The highest BCUT2D eigenvalue weighted by molar-refractivity contribution is 6.31. The zero-order valence-electron chi connectivity index (χ0n) is 23.9. The molecule has 0 aliphatic carbocycles. The zero-order valence-corrected chi connectivity index (χ0v) is 24.6. The lowest BCUT2D eigenvalue weighted by atomic mass is 10.0. The highest BCUT2D eigenvalue weighted by atomic mass is 35.5. The Kier molecular flexibility index (Phi) is 9.83. The fraction of sp³-hybridized carbons (Fsp3) is 0.0606. The van der Waals surface area contributed by atoms with Crippen LogP contribution in [0.25, 0.3) is 6.08 Å². The molecule has 12 nitrogen and oxygen atoms in total. The van der Waals surface area contributed by atoms with Crippen molar-refractivity contribution in [3.8, 4) is 0 Å². The van der Waals surface area contributed by atoms with Gasteiger partial charge >= 0.3 is 0 Å². The predicted octanol–water partition coefficient (Wildman–Crippen LogP) is 5.92. The molecule has 0 fully saturated rings. The smallest absolute Gasteiger partial charge is 0.282 e. The molecule has 46 heavy (non-hydrogen) atoms. The molecule has 1 aliphatic heterocycles. The van der Waals surface area contributed by atoms with Crippen LogP contribution in [0.2, 0.25) is 5.02 Å². The molecule has 1 unspecified atom stereocenters. The van der Waals surface area contributed by atoms with Gasteiger partial charge in [0.05, 0.1) is 17.1 Å². The summed E-state index contributed by atoms with van der Waals surface area (Å²) in [5, 5.41) is 33.4. The molecule has 4 aromatic rings. The summed E-state index contributed by atoms with van der Waals surface area (Å²) in [4.78, 5) is 54.6. The number of halogens is 1. The minimum atomic E-state index is -1.37. The Balaban J connectivity index is 1.41. The van der Waals surface area contributed by atoms with Crippen LogP contribution in [0, 0.1) is 5.21 Å². The van der Waals surface area contributed by atoms with Crippen LogP contribution in [-0.4, -0.2) is 45.6 Å². The van der Waals surface area contributed by atoms with Crippen molar-refractivity contribution in [1.29, 1.82) is 0 Å². The maximum atomic E-state index is 13.5. The number of carbonyl (C=O) groups is 4. The summed E-state index contributed by atoms with van der Waals surface area (Å²) in [6.45, 7) is 0. The molecule has 1 heterocycles. The summed E-state index contributed by atoms with van der Waals surface area (Å²) < 4.78 is 0. The van der Waals surface area contributed by atoms with E-state index < -0.39 is 36.1 Å². The van der Waals surface area contributed by atoms with Crippen molar-refractivity contribution in [2.75, 3.05) is 10.1 Å². The highest BCUT2D eigenvalue weighted by Gasteiger charge is 2.41. The van der Waals surface area contributed by atoms with Gasteiger partial charge in [-0.05, 0) is 54.1 Å². The van der Waals surface area contributed by atoms with Gasteiger partial charge in [0, 0.05) is 16.7 Å². The number of azo groups is 1. The molecule has 0 aromatic heterocycles. The first kappa shape index (κ1) is 31.6. The molecule has 1 atom stereocenters. The number of hydrogen-bond donors (Lipinski definition) is 1. The number of anilines is 2. The maximum Gasteiger partial charge on any atom is 0.282 e. The average Bonchev–Trinajstić information content (AvgIpc) is 3.40. The predicted molar refractivity (Wildman–Crippen MR) is 171 cm³/mol.